The molecule has 0 fully saturated rings. The molecule has 3 heterocycles. The van der Waals surface area contributed by atoms with E-state index in [2.05, 4.69) is 10.1 Å². The number of aromatic nitrogens is 6. The van der Waals surface area contributed by atoms with Crippen molar-refractivity contribution in [1.29, 1.82) is 0 Å². The molecule has 0 saturated heterocycles. The first-order valence-corrected chi connectivity index (χ1v) is 8.81. The molecule has 10 heteroatoms. The molecule has 8 nitrogen and oxygen atoms in total. The number of benzene rings is 1. The van der Waals surface area contributed by atoms with Crippen molar-refractivity contribution in [2.75, 3.05) is 0 Å². The summed E-state index contributed by atoms with van der Waals surface area (Å²) >= 11 is 12.2. The second kappa shape index (κ2) is 6.71. The highest BCUT2D eigenvalue weighted by molar-refractivity contribution is 6.35. The van der Waals surface area contributed by atoms with Gasteiger partial charge in [0.05, 0.1) is 24.7 Å². The van der Waals surface area contributed by atoms with E-state index in [1.807, 2.05) is 0 Å². The van der Waals surface area contributed by atoms with Crippen LogP contribution in [0.25, 0.3) is 16.8 Å². The van der Waals surface area contributed by atoms with E-state index in [1.165, 1.54) is 15.4 Å². The lowest BCUT2D eigenvalue weighted by Gasteiger charge is -2.16. The Balaban J connectivity index is 1.95. The predicted molar refractivity (Wildman–Crippen MR) is 97.8 cm³/mol. The minimum Gasteiger partial charge on any atom is -0.842 e. The molecule has 0 spiro atoms. The van der Waals surface area contributed by atoms with Crippen LogP contribution in [-0.2, 0) is 20.1 Å². The van der Waals surface area contributed by atoms with Crippen LogP contribution in [0.3, 0.4) is 0 Å². The van der Waals surface area contributed by atoms with Gasteiger partial charge in [-0.15, -0.1) is 0 Å². The summed E-state index contributed by atoms with van der Waals surface area (Å²) in [4.78, 5) is 17.0. The summed E-state index contributed by atoms with van der Waals surface area (Å²) in [5.74, 6) is -0.412. The number of nitrogens with zero attached hydrogens (tertiary/aromatic N) is 6. The standard InChI is InChI=1S/C17H14Cl2N6O2/c1-22-3-2-14-24(5-4-23-10-20-9-21-23)16(26)15(17(27)25(14)22)11-6-12(18)8-13(19)7-11/h2-3,6-10H,4-5H2,1H3. The Kier molecular flexibility index (Phi) is 4.37. The van der Waals surface area contributed by atoms with Crippen LogP contribution in [-0.4, -0.2) is 24.0 Å². The van der Waals surface area contributed by atoms with Gasteiger partial charge >= 0.3 is 11.2 Å². The maximum Gasteiger partial charge on any atom is 0.368 e. The van der Waals surface area contributed by atoms with Crippen molar-refractivity contribution in [1.82, 2.24) is 24.0 Å². The molecule has 3 aromatic heterocycles. The van der Waals surface area contributed by atoms with Crippen LogP contribution in [0.5, 0.6) is 5.88 Å². The molecule has 0 N–H and O–H groups in total. The first-order valence-electron chi connectivity index (χ1n) is 8.06. The Morgan fingerprint density at radius 2 is 1.96 bits per heavy atom. The number of fused-ring (bicyclic) bond motifs is 1. The highest BCUT2D eigenvalue weighted by atomic mass is 35.5. The molecule has 0 saturated carbocycles. The Labute approximate surface area is 163 Å². The van der Waals surface area contributed by atoms with Crippen molar-refractivity contribution >= 4 is 28.8 Å². The lowest BCUT2D eigenvalue weighted by molar-refractivity contribution is -0.716. The fourth-order valence-corrected chi connectivity index (χ4v) is 3.60. The molecule has 138 valence electrons. The fraction of sp³-hybridized carbons (Fsp3) is 0.176. The van der Waals surface area contributed by atoms with Gasteiger partial charge in [-0.2, -0.15) is 5.10 Å². The summed E-state index contributed by atoms with van der Waals surface area (Å²) in [5.41, 5.74) is 0.451. The Hall–Kier alpha value is -2.84. The Morgan fingerprint density at radius 1 is 1.22 bits per heavy atom. The van der Waals surface area contributed by atoms with Gasteiger partial charge in [0.25, 0.3) is 0 Å². The van der Waals surface area contributed by atoms with E-state index in [1.54, 1.807) is 53.2 Å². The Bertz CT molecular complexity index is 1180. The number of aryl methyl sites for hydroxylation is 3. The first-order chi connectivity index (χ1) is 13.0. The van der Waals surface area contributed by atoms with Gasteiger partial charge in [0, 0.05) is 17.1 Å². The van der Waals surface area contributed by atoms with Crippen molar-refractivity contribution in [2.24, 2.45) is 7.05 Å². The summed E-state index contributed by atoms with van der Waals surface area (Å²) in [6, 6.07) is 6.39. The molecule has 0 atom stereocenters. The zero-order valence-corrected chi connectivity index (χ0v) is 15.7. The van der Waals surface area contributed by atoms with Crippen LogP contribution in [0, 0.1) is 0 Å². The van der Waals surface area contributed by atoms with Crippen molar-refractivity contribution in [2.45, 2.75) is 13.1 Å². The van der Waals surface area contributed by atoms with E-state index in [0.29, 0.717) is 34.3 Å². The van der Waals surface area contributed by atoms with Crippen molar-refractivity contribution in [3.05, 3.63) is 63.5 Å². The highest BCUT2D eigenvalue weighted by Crippen LogP contribution is 2.28. The van der Waals surface area contributed by atoms with E-state index >= 15 is 0 Å². The van der Waals surface area contributed by atoms with Gasteiger partial charge in [-0.25, -0.2) is 23.7 Å². The maximum atomic E-state index is 13.2. The molecule has 0 amide bonds. The average Bonchev–Trinajstić information content (AvgIpc) is 3.24. The molecule has 0 aliphatic carbocycles. The van der Waals surface area contributed by atoms with Crippen LogP contribution in [0.4, 0.5) is 0 Å². The van der Waals surface area contributed by atoms with Crippen molar-refractivity contribution in [3.8, 4) is 17.0 Å². The van der Waals surface area contributed by atoms with Crippen LogP contribution >= 0.6 is 23.2 Å². The largest absolute Gasteiger partial charge is 0.842 e. The van der Waals surface area contributed by atoms with Crippen molar-refractivity contribution < 1.29 is 9.67 Å². The van der Waals surface area contributed by atoms with Gasteiger partial charge < -0.3 is 5.11 Å². The molecule has 0 bridgehead atoms. The van der Waals surface area contributed by atoms with E-state index in [9.17, 15) is 9.90 Å². The summed E-state index contributed by atoms with van der Waals surface area (Å²) < 4.78 is 6.21. The molecule has 4 aromatic rings. The molecular weight excluding hydrogens is 391 g/mol. The molecule has 27 heavy (non-hydrogen) atoms. The SMILES string of the molecule is Cn1ccc2n1c(=O)c(-c1cc(Cl)cc(Cl)c1)c([O-])[n+]2CCn1cncn1. The fourth-order valence-electron chi connectivity index (χ4n) is 3.07. The van der Waals surface area contributed by atoms with E-state index in [4.69, 9.17) is 23.2 Å². The average molecular weight is 405 g/mol. The lowest BCUT2D eigenvalue weighted by atomic mass is 10.1. The second-order valence-electron chi connectivity index (χ2n) is 6.01. The smallest absolute Gasteiger partial charge is 0.368 e. The topological polar surface area (TPSA) is 84.1 Å². The normalized spacial score (nSPS) is 11.4. The minimum atomic E-state index is -0.433. The van der Waals surface area contributed by atoms with Crippen LogP contribution < -0.4 is 15.2 Å². The second-order valence-corrected chi connectivity index (χ2v) is 6.89. The van der Waals surface area contributed by atoms with E-state index in [-0.39, 0.29) is 5.56 Å². The van der Waals surface area contributed by atoms with Crippen molar-refractivity contribution in [3.63, 3.8) is 0 Å². The number of hydrogen-bond acceptors (Lipinski definition) is 4. The van der Waals surface area contributed by atoms with Gasteiger partial charge in [0.1, 0.15) is 24.8 Å². The molecule has 0 unspecified atom stereocenters. The monoisotopic (exact) mass is 404 g/mol. The van der Waals surface area contributed by atoms with Crippen LogP contribution in [0.15, 0.2) is 47.9 Å². The zero-order chi connectivity index (χ0) is 19.1. The molecule has 4 rings (SSSR count). The van der Waals surface area contributed by atoms with Gasteiger partial charge in [-0.1, -0.05) is 27.7 Å². The number of rotatable bonds is 4. The first kappa shape index (κ1) is 17.6. The van der Waals surface area contributed by atoms with Gasteiger partial charge in [-0.05, 0) is 23.8 Å². The van der Waals surface area contributed by atoms with E-state index in [0.717, 1.165) is 0 Å². The van der Waals surface area contributed by atoms with Gasteiger partial charge in [0.15, 0.2) is 0 Å². The number of halogens is 2. The lowest BCUT2D eigenvalue weighted by Crippen LogP contribution is -2.45. The molecule has 0 radical (unpaired) electrons. The van der Waals surface area contributed by atoms with Crippen LogP contribution in [0.1, 0.15) is 0 Å². The number of hydrogen-bond donors (Lipinski definition) is 0. The molecular formula is C17H14Cl2N6O2. The third-order valence-corrected chi connectivity index (χ3v) is 4.72. The third-order valence-electron chi connectivity index (χ3n) is 4.28. The quantitative estimate of drug-likeness (QED) is 0.479. The third kappa shape index (κ3) is 3.07. The van der Waals surface area contributed by atoms with Gasteiger partial charge in [-0.3, -0.25) is 0 Å². The molecule has 0 aliphatic heterocycles. The summed E-state index contributed by atoms with van der Waals surface area (Å²) in [5, 5.41) is 18.0. The summed E-state index contributed by atoms with van der Waals surface area (Å²) in [6.07, 6.45) is 4.71. The zero-order valence-electron chi connectivity index (χ0n) is 14.2. The Morgan fingerprint density at radius 3 is 2.63 bits per heavy atom. The maximum absolute atomic E-state index is 13.2. The van der Waals surface area contributed by atoms with Gasteiger partial charge in [0.2, 0.25) is 0 Å². The highest BCUT2D eigenvalue weighted by Gasteiger charge is 2.23. The predicted octanol–water partition coefficient (Wildman–Crippen LogP) is 1.26. The van der Waals surface area contributed by atoms with Crippen LogP contribution in [0.2, 0.25) is 10.0 Å². The molecule has 1 aromatic carbocycles. The summed E-state index contributed by atoms with van der Waals surface area (Å²) in [6.45, 7) is 0.746. The van der Waals surface area contributed by atoms with E-state index < -0.39 is 11.4 Å². The molecule has 0 aliphatic rings. The summed E-state index contributed by atoms with van der Waals surface area (Å²) in [7, 11) is 1.73. The minimum absolute atomic E-state index is 0.0114.